The van der Waals surface area contributed by atoms with Crippen LogP contribution < -0.4 is 0 Å². The van der Waals surface area contributed by atoms with Gasteiger partial charge in [-0.15, -0.1) is 0 Å². The van der Waals surface area contributed by atoms with Gasteiger partial charge >= 0.3 is 0 Å². The number of carbonyl (C=O) groups is 1. The molecule has 4 nitrogen and oxygen atoms in total. The molecule has 1 rings (SSSR count). The van der Waals surface area contributed by atoms with Crippen LogP contribution in [0.15, 0.2) is 0 Å². The molecular formula is C10H19NO3. The monoisotopic (exact) mass is 201 g/mol. The molecule has 4 heteroatoms. The van der Waals surface area contributed by atoms with Gasteiger partial charge in [0, 0.05) is 20.2 Å². The van der Waals surface area contributed by atoms with Crippen LogP contribution in [0.4, 0.5) is 0 Å². The van der Waals surface area contributed by atoms with Crippen LogP contribution >= 0.6 is 0 Å². The number of aliphatic hydroxyl groups is 1. The average molecular weight is 201 g/mol. The van der Waals surface area contributed by atoms with Crippen molar-refractivity contribution in [3.8, 4) is 0 Å². The van der Waals surface area contributed by atoms with Gasteiger partial charge in [0.2, 0.25) is 0 Å². The van der Waals surface area contributed by atoms with Crippen LogP contribution in [0.5, 0.6) is 0 Å². The van der Waals surface area contributed by atoms with E-state index in [0.29, 0.717) is 13.2 Å². The number of hydrogen-bond donors (Lipinski definition) is 1. The maximum absolute atomic E-state index is 11.7. The van der Waals surface area contributed by atoms with Crippen molar-refractivity contribution in [1.82, 2.24) is 4.90 Å². The number of ether oxygens (including phenoxy) is 1. The summed E-state index contributed by atoms with van der Waals surface area (Å²) in [5.41, 5.74) is 0. The Morgan fingerprint density at radius 2 is 2.36 bits per heavy atom. The average Bonchev–Trinajstić information content (AvgIpc) is 2.17. The van der Waals surface area contributed by atoms with Crippen molar-refractivity contribution in [2.75, 3.05) is 20.2 Å². The molecule has 14 heavy (non-hydrogen) atoms. The second kappa shape index (κ2) is 5.32. The molecule has 0 radical (unpaired) electrons. The van der Waals surface area contributed by atoms with E-state index in [1.54, 1.807) is 18.9 Å². The summed E-state index contributed by atoms with van der Waals surface area (Å²) < 4.78 is 5.37. The number of amides is 1. The zero-order chi connectivity index (χ0) is 10.6. The van der Waals surface area contributed by atoms with Crippen molar-refractivity contribution < 1.29 is 14.6 Å². The molecule has 1 fully saturated rings. The van der Waals surface area contributed by atoms with E-state index in [1.165, 1.54) is 0 Å². The third kappa shape index (κ3) is 3.27. The Balaban J connectivity index is 2.38. The fourth-order valence-corrected chi connectivity index (χ4v) is 1.67. The molecule has 1 aliphatic rings. The molecule has 0 saturated carbocycles. The third-order valence-corrected chi connectivity index (χ3v) is 2.37. The normalized spacial score (nSPS) is 24.4. The Kier molecular flexibility index (Phi) is 4.35. The molecule has 0 aromatic heterocycles. The fourth-order valence-electron chi connectivity index (χ4n) is 1.67. The third-order valence-electron chi connectivity index (χ3n) is 2.37. The molecule has 2 atom stereocenters. The van der Waals surface area contributed by atoms with Gasteiger partial charge in [-0.1, -0.05) is 0 Å². The Morgan fingerprint density at radius 3 is 2.86 bits per heavy atom. The predicted molar refractivity (Wildman–Crippen MR) is 52.9 cm³/mol. The van der Waals surface area contributed by atoms with Crippen LogP contribution in [0, 0.1) is 0 Å². The van der Waals surface area contributed by atoms with Crippen molar-refractivity contribution in [3.05, 3.63) is 0 Å². The van der Waals surface area contributed by atoms with Crippen molar-refractivity contribution in [2.45, 2.75) is 38.4 Å². The molecule has 0 aromatic carbocycles. The summed E-state index contributed by atoms with van der Waals surface area (Å²) in [5, 5.41) is 9.14. The summed E-state index contributed by atoms with van der Waals surface area (Å²) in [5.74, 6) is -0.00870. The Hall–Kier alpha value is -0.610. The lowest BCUT2D eigenvalue weighted by atomic mass is 10.1. The molecule has 0 aromatic rings. The first-order valence-electron chi connectivity index (χ1n) is 5.16. The summed E-state index contributed by atoms with van der Waals surface area (Å²) in [4.78, 5) is 13.3. The van der Waals surface area contributed by atoms with Gasteiger partial charge in [0.15, 0.2) is 0 Å². The lowest BCUT2D eigenvalue weighted by molar-refractivity contribution is -0.146. The highest BCUT2D eigenvalue weighted by Gasteiger charge is 2.25. The van der Waals surface area contributed by atoms with E-state index in [9.17, 15) is 4.79 Å². The molecule has 2 unspecified atom stereocenters. The molecule has 0 aliphatic carbocycles. The summed E-state index contributed by atoms with van der Waals surface area (Å²) >= 11 is 0. The Bertz CT molecular complexity index is 188. The first-order chi connectivity index (χ1) is 6.61. The number of nitrogens with zero attached hydrogens (tertiary/aromatic N) is 1. The van der Waals surface area contributed by atoms with E-state index in [-0.39, 0.29) is 12.0 Å². The lowest BCUT2D eigenvalue weighted by Crippen LogP contribution is -2.42. The largest absolute Gasteiger partial charge is 0.392 e. The van der Waals surface area contributed by atoms with Gasteiger partial charge < -0.3 is 14.7 Å². The maximum atomic E-state index is 11.7. The second-order valence-corrected chi connectivity index (χ2v) is 3.92. The maximum Gasteiger partial charge on any atom is 0.251 e. The molecule has 1 saturated heterocycles. The highest BCUT2D eigenvalue weighted by atomic mass is 16.5. The fraction of sp³-hybridized carbons (Fsp3) is 0.900. The van der Waals surface area contributed by atoms with Gasteiger partial charge in [-0.25, -0.2) is 0 Å². The molecule has 0 spiro atoms. The molecule has 1 N–H and O–H groups in total. The number of likely N-dealkylation sites (N-methyl/N-ethyl adjacent to an activating group) is 1. The minimum absolute atomic E-state index is 0.00870. The van der Waals surface area contributed by atoms with E-state index < -0.39 is 6.10 Å². The summed E-state index contributed by atoms with van der Waals surface area (Å²) in [6.07, 6.45) is 2.14. The van der Waals surface area contributed by atoms with Gasteiger partial charge in [-0.05, 0) is 26.2 Å². The van der Waals surface area contributed by atoms with E-state index in [2.05, 4.69) is 0 Å². The molecular weight excluding hydrogens is 182 g/mol. The van der Waals surface area contributed by atoms with Crippen LogP contribution in [-0.4, -0.2) is 48.3 Å². The molecule has 0 bridgehead atoms. The minimum atomic E-state index is -0.479. The quantitative estimate of drug-likeness (QED) is 0.719. The zero-order valence-corrected chi connectivity index (χ0v) is 8.90. The molecule has 82 valence electrons. The lowest BCUT2D eigenvalue weighted by Gasteiger charge is -2.27. The van der Waals surface area contributed by atoms with Crippen LogP contribution in [-0.2, 0) is 9.53 Å². The standard InChI is InChI=1S/C10H19NO3/c1-8(12)7-11(2)10(13)9-5-3-4-6-14-9/h8-9,12H,3-7H2,1-2H3. The summed E-state index contributed by atoms with van der Waals surface area (Å²) in [6.45, 7) is 2.73. The van der Waals surface area contributed by atoms with Crippen molar-refractivity contribution in [2.24, 2.45) is 0 Å². The van der Waals surface area contributed by atoms with E-state index in [1.807, 2.05) is 0 Å². The van der Waals surface area contributed by atoms with E-state index >= 15 is 0 Å². The smallest absolute Gasteiger partial charge is 0.251 e. The minimum Gasteiger partial charge on any atom is -0.392 e. The van der Waals surface area contributed by atoms with Crippen LogP contribution in [0.1, 0.15) is 26.2 Å². The van der Waals surface area contributed by atoms with Crippen molar-refractivity contribution in [1.29, 1.82) is 0 Å². The van der Waals surface area contributed by atoms with Gasteiger partial charge in [0.1, 0.15) is 6.10 Å². The first-order valence-corrected chi connectivity index (χ1v) is 5.16. The topological polar surface area (TPSA) is 49.8 Å². The summed E-state index contributed by atoms with van der Waals surface area (Å²) in [6, 6.07) is 0. The second-order valence-electron chi connectivity index (χ2n) is 3.92. The highest BCUT2D eigenvalue weighted by molar-refractivity contribution is 5.80. The van der Waals surface area contributed by atoms with E-state index in [4.69, 9.17) is 9.84 Å². The molecule has 1 amide bonds. The highest BCUT2D eigenvalue weighted by Crippen LogP contribution is 2.14. The van der Waals surface area contributed by atoms with Crippen molar-refractivity contribution >= 4 is 5.91 Å². The number of carbonyl (C=O) groups excluding carboxylic acids is 1. The Labute approximate surface area is 84.8 Å². The summed E-state index contributed by atoms with van der Waals surface area (Å²) in [7, 11) is 1.70. The predicted octanol–water partition coefficient (Wildman–Crippen LogP) is 0.395. The van der Waals surface area contributed by atoms with Gasteiger partial charge in [0.05, 0.1) is 6.10 Å². The Morgan fingerprint density at radius 1 is 1.64 bits per heavy atom. The van der Waals surface area contributed by atoms with Crippen molar-refractivity contribution in [3.63, 3.8) is 0 Å². The van der Waals surface area contributed by atoms with Gasteiger partial charge in [-0.2, -0.15) is 0 Å². The van der Waals surface area contributed by atoms with Crippen LogP contribution in [0.25, 0.3) is 0 Å². The number of aliphatic hydroxyl groups excluding tert-OH is 1. The number of hydrogen-bond acceptors (Lipinski definition) is 3. The van der Waals surface area contributed by atoms with Crippen LogP contribution in [0.3, 0.4) is 0 Å². The zero-order valence-electron chi connectivity index (χ0n) is 8.90. The van der Waals surface area contributed by atoms with E-state index in [0.717, 1.165) is 19.3 Å². The van der Waals surface area contributed by atoms with Gasteiger partial charge in [0.25, 0.3) is 5.91 Å². The molecule has 1 heterocycles. The van der Waals surface area contributed by atoms with Crippen LogP contribution in [0.2, 0.25) is 0 Å². The van der Waals surface area contributed by atoms with Gasteiger partial charge in [-0.3, -0.25) is 4.79 Å². The first kappa shape index (κ1) is 11.5. The molecule has 1 aliphatic heterocycles. The number of rotatable bonds is 3. The SMILES string of the molecule is CC(O)CN(C)C(=O)C1CCCCO1.